The Morgan fingerprint density at radius 1 is 1.41 bits per heavy atom. The van der Waals surface area contributed by atoms with Crippen molar-refractivity contribution in [3.63, 3.8) is 0 Å². The SMILES string of the molecule is O=C(NCc1cc(Br)ccc1F)C1CCCC1. The minimum Gasteiger partial charge on any atom is -0.352 e. The summed E-state index contributed by atoms with van der Waals surface area (Å²) in [5.41, 5.74) is 0.519. The molecule has 2 rings (SSSR count). The zero-order chi connectivity index (χ0) is 12.3. The normalized spacial score (nSPS) is 16.1. The third-order valence-corrected chi connectivity index (χ3v) is 3.68. The van der Waals surface area contributed by atoms with E-state index in [-0.39, 0.29) is 24.2 Å². The topological polar surface area (TPSA) is 29.1 Å². The van der Waals surface area contributed by atoms with Gasteiger partial charge in [0.25, 0.3) is 0 Å². The first kappa shape index (κ1) is 12.6. The summed E-state index contributed by atoms with van der Waals surface area (Å²) < 4.78 is 14.2. The second-order valence-corrected chi connectivity index (χ2v) is 5.35. The third-order valence-electron chi connectivity index (χ3n) is 3.19. The lowest BCUT2D eigenvalue weighted by molar-refractivity contribution is -0.124. The molecule has 1 amide bonds. The molecule has 4 heteroatoms. The van der Waals surface area contributed by atoms with E-state index in [9.17, 15) is 9.18 Å². The highest BCUT2D eigenvalue weighted by molar-refractivity contribution is 9.10. The molecule has 2 nitrogen and oxygen atoms in total. The Bertz CT molecular complexity index is 416. The Balaban J connectivity index is 1.92. The van der Waals surface area contributed by atoms with Crippen molar-refractivity contribution in [1.29, 1.82) is 0 Å². The summed E-state index contributed by atoms with van der Waals surface area (Å²) in [6.45, 7) is 0.264. The Morgan fingerprint density at radius 2 is 2.12 bits per heavy atom. The first-order chi connectivity index (χ1) is 8.16. The lowest BCUT2D eigenvalue weighted by Gasteiger charge is -2.11. The molecule has 1 fully saturated rings. The summed E-state index contributed by atoms with van der Waals surface area (Å²) in [4.78, 5) is 11.8. The van der Waals surface area contributed by atoms with Crippen molar-refractivity contribution in [3.05, 3.63) is 34.1 Å². The fourth-order valence-corrected chi connectivity index (χ4v) is 2.60. The van der Waals surface area contributed by atoms with Gasteiger partial charge in [0.2, 0.25) is 5.91 Å². The van der Waals surface area contributed by atoms with Crippen LogP contribution >= 0.6 is 15.9 Å². The zero-order valence-electron chi connectivity index (χ0n) is 9.51. The molecule has 0 radical (unpaired) electrons. The van der Waals surface area contributed by atoms with E-state index in [2.05, 4.69) is 21.2 Å². The maximum Gasteiger partial charge on any atom is 0.223 e. The van der Waals surface area contributed by atoms with E-state index in [4.69, 9.17) is 0 Å². The van der Waals surface area contributed by atoms with E-state index in [1.165, 1.54) is 6.07 Å². The van der Waals surface area contributed by atoms with Crippen LogP contribution in [0, 0.1) is 11.7 Å². The largest absolute Gasteiger partial charge is 0.352 e. The first-order valence-electron chi connectivity index (χ1n) is 5.88. The van der Waals surface area contributed by atoms with Crippen LogP contribution in [0.1, 0.15) is 31.2 Å². The lowest BCUT2D eigenvalue weighted by Crippen LogP contribution is -2.29. The fraction of sp³-hybridized carbons (Fsp3) is 0.462. The number of carbonyl (C=O) groups excluding carboxylic acids is 1. The average molecular weight is 300 g/mol. The molecule has 0 spiro atoms. The minimum absolute atomic E-state index is 0.0573. The van der Waals surface area contributed by atoms with Crippen molar-refractivity contribution in [2.24, 2.45) is 5.92 Å². The van der Waals surface area contributed by atoms with Crippen LogP contribution in [-0.4, -0.2) is 5.91 Å². The highest BCUT2D eigenvalue weighted by Gasteiger charge is 2.22. The molecule has 92 valence electrons. The van der Waals surface area contributed by atoms with Gasteiger partial charge in [-0.2, -0.15) is 0 Å². The molecule has 0 atom stereocenters. The number of rotatable bonds is 3. The van der Waals surface area contributed by atoms with Crippen LogP contribution in [0.5, 0.6) is 0 Å². The van der Waals surface area contributed by atoms with Gasteiger partial charge in [-0.1, -0.05) is 28.8 Å². The molecular formula is C13H15BrFNO. The molecule has 1 aliphatic carbocycles. The van der Waals surface area contributed by atoms with E-state index in [1.54, 1.807) is 12.1 Å². The Hall–Kier alpha value is -0.900. The molecule has 1 aliphatic rings. The predicted molar refractivity (Wildman–Crippen MR) is 67.9 cm³/mol. The standard InChI is InChI=1S/C13H15BrFNO/c14-11-5-6-12(15)10(7-11)8-16-13(17)9-3-1-2-4-9/h5-7,9H,1-4,8H2,(H,16,17). The van der Waals surface area contributed by atoms with Gasteiger partial charge in [-0.3, -0.25) is 4.79 Å². The maximum absolute atomic E-state index is 13.4. The highest BCUT2D eigenvalue weighted by Crippen LogP contribution is 2.24. The van der Waals surface area contributed by atoms with Crippen molar-refractivity contribution in [1.82, 2.24) is 5.32 Å². The summed E-state index contributed by atoms with van der Waals surface area (Å²) in [5.74, 6) is -0.0907. The molecule has 17 heavy (non-hydrogen) atoms. The van der Waals surface area contributed by atoms with Gasteiger partial charge in [0.15, 0.2) is 0 Å². The van der Waals surface area contributed by atoms with Crippen molar-refractivity contribution in [2.75, 3.05) is 0 Å². The molecule has 0 aromatic heterocycles. The molecule has 1 N–H and O–H groups in total. The molecule has 0 aliphatic heterocycles. The van der Waals surface area contributed by atoms with Gasteiger partial charge >= 0.3 is 0 Å². The summed E-state index contributed by atoms with van der Waals surface area (Å²) in [6, 6.07) is 4.75. The van der Waals surface area contributed by atoms with Gasteiger partial charge in [0.1, 0.15) is 5.82 Å². The molecule has 1 aromatic rings. The average Bonchev–Trinajstić information content (AvgIpc) is 2.83. The first-order valence-corrected chi connectivity index (χ1v) is 6.68. The van der Waals surface area contributed by atoms with Crippen LogP contribution in [0.2, 0.25) is 0 Å². The zero-order valence-corrected chi connectivity index (χ0v) is 11.1. The van der Waals surface area contributed by atoms with E-state index in [0.29, 0.717) is 5.56 Å². The smallest absolute Gasteiger partial charge is 0.223 e. The summed E-state index contributed by atoms with van der Waals surface area (Å²) >= 11 is 3.29. The Labute approximate surface area is 109 Å². The predicted octanol–water partition coefficient (Wildman–Crippen LogP) is 3.39. The van der Waals surface area contributed by atoms with E-state index in [0.717, 1.165) is 30.2 Å². The van der Waals surface area contributed by atoms with E-state index in [1.807, 2.05) is 0 Å². The van der Waals surface area contributed by atoms with Gasteiger partial charge in [-0.25, -0.2) is 4.39 Å². The second-order valence-electron chi connectivity index (χ2n) is 4.43. The summed E-state index contributed by atoms with van der Waals surface area (Å²) in [5, 5.41) is 2.81. The number of halogens is 2. The van der Waals surface area contributed by atoms with E-state index >= 15 is 0 Å². The number of nitrogens with one attached hydrogen (secondary N) is 1. The third kappa shape index (κ3) is 3.28. The molecular weight excluding hydrogens is 285 g/mol. The Kier molecular flexibility index (Phi) is 4.15. The maximum atomic E-state index is 13.4. The van der Waals surface area contributed by atoms with Gasteiger partial charge in [-0.05, 0) is 31.0 Å². The van der Waals surface area contributed by atoms with Gasteiger partial charge in [0, 0.05) is 22.5 Å². The van der Waals surface area contributed by atoms with Crippen LogP contribution in [0.4, 0.5) is 4.39 Å². The molecule has 1 saturated carbocycles. The minimum atomic E-state index is -0.278. The van der Waals surface area contributed by atoms with Crippen molar-refractivity contribution in [2.45, 2.75) is 32.2 Å². The van der Waals surface area contributed by atoms with Gasteiger partial charge < -0.3 is 5.32 Å². The van der Waals surface area contributed by atoms with E-state index < -0.39 is 0 Å². The number of carbonyl (C=O) groups is 1. The second kappa shape index (κ2) is 5.63. The van der Waals surface area contributed by atoms with Crippen LogP contribution in [-0.2, 0) is 11.3 Å². The fourth-order valence-electron chi connectivity index (χ4n) is 2.19. The lowest BCUT2D eigenvalue weighted by atomic mass is 10.1. The number of hydrogen-bond donors (Lipinski definition) is 1. The molecule has 0 heterocycles. The molecule has 1 aromatic carbocycles. The molecule has 0 bridgehead atoms. The van der Waals surface area contributed by atoms with Gasteiger partial charge in [0.05, 0.1) is 0 Å². The number of amides is 1. The summed E-state index contributed by atoms with van der Waals surface area (Å²) in [7, 11) is 0. The van der Waals surface area contributed by atoms with Crippen LogP contribution in [0.3, 0.4) is 0 Å². The summed E-state index contributed by atoms with van der Waals surface area (Å²) in [6.07, 6.45) is 4.19. The highest BCUT2D eigenvalue weighted by atomic mass is 79.9. The number of hydrogen-bond acceptors (Lipinski definition) is 1. The van der Waals surface area contributed by atoms with Crippen LogP contribution < -0.4 is 5.32 Å². The molecule has 0 unspecified atom stereocenters. The van der Waals surface area contributed by atoms with Crippen molar-refractivity contribution >= 4 is 21.8 Å². The monoisotopic (exact) mass is 299 g/mol. The molecule has 0 saturated heterocycles. The Morgan fingerprint density at radius 3 is 2.82 bits per heavy atom. The van der Waals surface area contributed by atoms with Crippen molar-refractivity contribution < 1.29 is 9.18 Å². The quantitative estimate of drug-likeness (QED) is 0.911. The van der Waals surface area contributed by atoms with Crippen molar-refractivity contribution in [3.8, 4) is 0 Å². The van der Waals surface area contributed by atoms with Crippen LogP contribution in [0.25, 0.3) is 0 Å². The van der Waals surface area contributed by atoms with Gasteiger partial charge in [-0.15, -0.1) is 0 Å². The van der Waals surface area contributed by atoms with Crippen LogP contribution in [0.15, 0.2) is 22.7 Å². The number of benzene rings is 1.